The van der Waals surface area contributed by atoms with E-state index in [-0.39, 0.29) is 6.04 Å². The second-order valence-electron chi connectivity index (χ2n) is 4.22. The molecule has 0 fully saturated rings. The van der Waals surface area contributed by atoms with E-state index in [1.165, 1.54) is 10.8 Å². The molecule has 1 atom stereocenters. The molecule has 18 heavy (non-hydrogen) atoms. The molecule has 90 valence electrons. The topological polar surface area (TPSA) is 39.2 Å². The summed E-state index contributed by atoms with van der Waals surface area (Å²) in [5.41, 5.74) is 8.40. The van der Waals surface area contributed by atoms with Crippen LogP contribution in [0.25, 0.3) is 10.8 Å². The molecule has 0 spiro atoms. The van der Waals surface area contributed by atoms with Gasteiger partial charge >= 0.3 is 0 Å². The third kappa shape index (κ3) is 1.85. The minimum atomic E-state index is -0.165. The Balaban J connectivity index is 2.21. The Morgan fingerprint density at radius 1 is 1.00 bits per heavy atom. The Morgan fingerprint density at radius 3 is 2.50 bits per heavy atom. The minimum Gasteiger partial charge on any atom is -0.472 e. The van der Waals surface area contributed by atoms with E-state index in [1.807, 2.05) is 24.3 Å². The Labute approximate surface area is 114 Å². The third-order valence-electron chi connectivity index (χ3n) is 3.14. The molecule has 0 bridgehead atoms. The van der Waals surface area contributed by atoms with Crippen molar-refractivity contribution >= 4 is 26.7 Å². The van der Waals surface area contributed by atoms with Gasteiger partial charge in [-0.1, -0.05) is 46.3 Å². The van der Waals surface area contributed by atoms with Crippen molar-refractivity contribution in [2.45, 2.75) is 6.04 Å². The van der Waals surface area contributed by atoms with Gasteiger partial charge in [0, 0.05) is 10.0 Å². The molecule has 3 rings (SSSR count). The molecule has 2 aromatic carbocycles. The van der Waals surface area contributed by atoms with Gasteiger partial charge in [-0.3, -0.25) is 0 Å². The number of nitrogens with two attached hydrogens (primary N) is 1. The van der Waals surface area contributed by atoms with E-state index >= 15 is 0 Å². The van der Waals surface area contributed by atoms with Crippen molar-refractivity contribution in [1.29, 1.82) is 0 Å². The van der Waals surface area contributed by atoms with Gasteiger partial charge in [-0.25, -0.2) is 0 Å². The van der Waals surface area contributed by atoms with Crippen molar-refractivity contribution in [2.75, 3.05) is 0 Å². The first-order valence-corrected chi connectivity index (χ1v) is 6.51. The quantitative estimate of drug-likeness (QED) is 0.769. The average molecular weight is 302 g/mol. The van der Waals surface area contributed by atoms with Crippen molar-refractivity contribution in [3.63, 3.8) is 0 Å². The van der Waals surface area contributed by atoms with Gasteiger partial charge in [-0.05, 0) is 28.5 Å². The Morgan fingerprint density at radius 2 is 1.78 bits per heavy atom. The van der Waals surface area contributed by atoms with Gasteiger partial charge in [0.25, 0.3) is 0 Å². The van der Waals surface area contributed by atoms with E-state index in [2.05, 4.69) is 34.1 Å². The summed E-state index contributed by atoms with van der Waals surface area (Å²) in [5, 5.41) is 2.34. The summed E-state index contributed by atoms with van der Waals surface area (Å²) in [6, 6.07) is 14.1. The normalized spacial score (nSPS) is 12.8. The van der Waals surface area contributed by atoms with Crippen molar-refractivity contribution in [3.05, 3.63) is 70.6 Å². The van der Waals surface area contributed by atoms with Crippen molar-refractivity contribution in [3.8, 4) is 0 Å². The number of rotatable bonds is 2. The molecule has 2 nitrogen and oxygen atoms in total. The smallest absolute Gasteiger partial charge is 0.0953 e. The lowest BCUT2D eigenvalue weighted by atomic mass is 9.96. The van der Waals surface area contributed by atoms with E-state index in [4.69, 9.17) is 10.2 Å². The molecule has 0 amide bonds. The van der Waals surface area contributed by atoms with Crippen LogP contribution in [0.15, 0.2) is 63.9 Å². The summed E-state index contributed by atoms with van der Waals surface area (Å²) < 4.78 is 6.19. The lowest BCUT2D eigenvalue weighted by molar-refractivity contribution is 0.562. The number of fused-ring (bicyclic) bond motifs is 1. The molecule has 0 aliphatic rings. The maximum absolute atomic E-state index is 6.30. The Kier molecular flexibility index (Phi) is 2.94. The van der Waals surface area contributed by atoms with Gasteiger partial charge in [-0.2, -0.15) is 0 Å². The van der Waals surface area contributed by atoms with E-state index in [1.54, 1.807) is 12.5 Å². The van der Waals surface area contributed by atoms with E-state index in [0.29, 0.717) is 0 Å². The molecule has 2 N–H and O–H groups in total. The van der Waals surface area contributed by atoms with Crippen molar-refractivity contribution in [1.82, 2.24) is 0 Å². The SMILES string of the molecule is NC(c1ccoc1)c1ccc(Br)c2ccccc12. The molecule has 1 heterocycles. The fourth-order valence-electron chi connectivity index (χ4n) is 2.19. The summed E-state index contributed by atoms with van der Waals surface area (Å²) in [4.78, 5) is 0. The maximum Gasteiger partial charge on any atom is 0.0953 e. The van der Waals surface area contributed by atoms with Crippen LogP contribution in [0, 0.1) is 0 Å². The second-order valence-corrected chi connectivity index (χ2v) is 5.07. The largest absolute Gasteiger partial charge is 0.472 e. The van der Waals surface area contributed by atoms with Gasteiger partial charge in [0.1, 0.15) is 0 Å². The summed E-state index contributed by atoms with van der Waals surface area (Å²) in [6.07, 6.45) is 3.34. The van der Waals surface area contributed by atoms with Crippen LogP contribution in [0.5, 0.6) is 0 Å². The highest BCUT2D eigenvalue weighted by Crippen LogP contribution is 2.31. The number of hydrogen-bond donors (Lipinski definition) is 1. The standard InChI is InChI=1S/C15H12BrNO/c16-14-6-5-13(11-3-1-2-4-12(11)14)15(17)10-7-8-18-9-10/h1-9,15H,17H2. The first-order valence-electron chi connectivity index (χ1n) is 5.72. The fourth-order valence-corrected chi connectivity index (χ4v) is 2.67. The first kappa shape index (κ1) is 11.5. The first-order chi connectivity index (χ1) is 8.77. The molecule has 1 unspecified atom stereocenters. The summed E-state index contributed by atoms with van der Waals surface area (Å²) in [5.74, 6) is 0. The van der Waals surface area contributed by atoms with Crippen LogP contribution in [-0.4, -0.2) is 0 Å². The molecule has 0 saturated carbocycles. The predicted octanol–water partition coefficient (Wildman–Crippen LogP) is 4.24. The predicted molar refractivity (Wildman–Crippen MR) is 76.4 cm³/mol. The second kappa shape index (κ2) is 4.59. The third-order valence-corrected chi connectivity index (χ3v) is 3.83. The number of benzene rings is 2. The average Bonchev–Trinajstić information content (AvgIpc) is 2.93. The van der Waals surface area contributed by atoms with Gasteiger partial charge in [0.15, 0.2) is 0 Å². The summed E-state index contributed by atoms with van der Waals surface area (Å²) in [7, 11) is 0. The summed E-state index contributed by atoms with van der Waals surface area (Å²) in [6.45, 7) is 0. The molecule has 0 aliphatic carbocycles. The zero-order valence-corrected chi connectivity index (χ0v) is 11.2. The van der Waals surface area contributed by atoms with Crippen LogP contribution in [0.2, 0.25) is 0 Å². The van der Waals surface area contributed by atoms with Crippen molar-refractivity contribution in [2.24, 2.45) is 5.73 Å². The molecule has 0 radical (unpaired) electrons. The molecular weight excluding hydrogens is 290 g/mol. The minimum absolute atomic E-state index is 0.165. The Hall–Kier alpha value is -1.58. The number of hydrogen-bond acceptors (Lipinski definition) is 2. The van der Waals surface area contributed by atoms with Crippen LogP contribution in [0.3, 0.4) is 0 Å². The van der Waals surface area contributed by atoms with E-state index in [0.717, 1.165) is 15.6 Å². The molecule has 0 saturated heterocycles. The molecular formula is C15H12BrNO. The number of halogens is 1. The molecule has 3 heteroatoms. The van der Waals surface area contributed by atoms with Crippen LogP contribution < -0.4 is 5.73 Å². The number of furan rings is 1. The highest BCUT2D eigenvalue weighted by Gasteiger charge is 2.13. The van der Waals surface area contributed by atoms with Crippen LogP contribution in [0.4, 0.5) is 0 Å². The van der Waals surface area contributed by atoms with E-state index in [9.17, 15) is 0 Å². The Bertz CT molecular complexity index is 676. The lowest BCUT2D eigenvalue weighted by Gasteiger charge is -2.14. The highest BCUT2D eigenvalue weighted by atomic mass is 79.9. The maximum atomic E-state index is 6.30. The monoisotopic (exact) mass is 301 g/mol. The van der Waals surface area contributed by atoms with Gasteiger partial charge < -0.3 is 10.2 Å². The van der Waals surface area contributed by atoms with Gasteiger partial charge in [-0.15, -0.1) is 0 Å². The van der Waals surface area contributed by atoms with Crippen molar-refractivity contribution < 1.29 is 4.42 Å². The molecule has 3 aromatic rings. The lowest BCUT2D eigenvalue weighted by Crippen LogP contribution is -2.11. The van der Waals surface area contributed by atoms with Gasteiger partial charge in [0.05, 0.1) is 18.6 Å². The van der Waals surface area contributed by atoms with Crippen LogP contribution in [-0.2, 0) is 0 Å². The zero-order chi connectivity index (χ0) is 12.5. The molecule has 0 aliphatic heterocycles. The fraction of sp³-hybridized carbons (Fsp3) is 0.0667. The zero-order valence-electron chi connectivity index (χ0n) is 9.64. The van der Waals surface area contributed by atoms with E-state index < -0.39 is 0 Å². The van der Waals surface area contributed by atoms with Crippen LogP contribution in [0.1, 0.15) is 17.2 Å². The molecule has 1 aromatic heterocycles. The van der Waals surface area contributed by atoms with Crippen LogP contribution >= 0.6 is 15.9 Å². The summed E-state index contributed by atoms with van der Waals surface area (Å²) >= 11 is 3.57. The highest BCUT2D eigenvalue weighted by molar-refractivity contribution is 9.10. The van der Waals surface area contributed by atoms with Gasteiger partial charge in [0.2, 0.25) is 0 Å².